The number of anilines is 1. The van der Waals surface area contributed by atoms with E-state index < -0.39 is 10.8 Å². The third kappa shape index (κ3) is 4.77. The molecule has 0 spiro atoms. The second-order valence-electron chi connectivity index (χ2n) is 5.69. The van der Waals surface area contributed by atoms with Crippen LogP contribution in [0.2, 0.25) is 0 Å². The minimum Gasteiger partial charge on any atom is -0.496 e. The molecule has 25 heavy (non-hydrogen) atoms. The summed E-state index contributed by atoms with van der Waals surface area (Å²) < 4.78 is 5.21. The smallest absolute Gasteiger partial charge is 0.211 e. The molecule has 7 heteroatoms. The highest BCUT2D eigenvalue weighted by atomic mass is 16.6. The summed E-state index contributed by atoms with van der Waals surface area (Å²) >= 11 is 0. The molecular formula is C18H20N2O5. The monoisotopic (exact) mass is 344 g/mol. The van der Waals surface area contributed by atoms with Crippen molar-refractivity contribution >= 4 is 11.5 Å². The zero-order valence-corrected chi connectivity index (χ0v) is 13.8. The zero-order valence-electron chi connectivity index (χ0n) is 13.8. The lowest BCUT2D eigenvalue weighted by molar-refractivity contribution is -0.483. The second kappa shape index (κ2) is 8.25. The van der Waals surface area contributed by atoms with Crippen LogP contribution < -0.4 is 10.5 Å². The van der Waals surface area contributed by atoms with Crippen molar-refractivity contribution in [2.45, 2.75) is 18.9 Å². The number of hydrogen-bond acceptors (Lipinski definition) is 6. The number of carbonyl (C=O) groups is 1. The number of aliphatic hydroxyl groups is 1. The van der Waals surface area contributed by atoms with E-state index in [-0.39, 0.29) is 25.4 Å². The van der Waals surface area contributed by atoms with Crippen molar-refractivity contribution in [2.24, 2.45) is 0 Å². The molecule has 2 aromatic rings. The number of ketones is 1. The minimum atomic E-state index is -0.596. The van der Waals surface area contributed by atoms with Gasteiger partial charge in [-0.25, -0.2) is 0 Å². The van der Waals surface area contributed by atoms with E-state index in [1.165, 1.54) is 7.11 Å². The van der Waals surface area contributed by atoms with Crippen LogP contribution in [0.5, 0.6) is 5.75 Å². The van der Waals surface area contributed by atoms with Gasteiger partial charge in [0.15, 0.2) is 5.78 Å². The molecular weight excluding hydrogens is 324 g/mol. The fourth-order valence-corrected chi connectivity index (χ4v) is 2.62. The molecule has 7 nitrogen and oxygen atoms in total. The summed E-state index contributed by atoms with van der Waals surface area (Å²) in [4.78, 5) is 23.1. The van der Waals surface area contributed by atoms with Crippen LogP contribution in [0.15, 0.2) is 42.5 Å². The summed E-state index contributed by atoms with van der Waals surface area (Å²) in [6.07, 6.45) is -0.00742. The molecule has 2 aromatic carbocycles. The average molecular weight is 344 g/mol. The summed E-state index contributed by atoms with van der Waals surface area (Å²) in [5.41, 5.74) is 7.81. The van der Waals surface area contributed by atoms with E-state index in [1.54, 1.807) is 42.5 Å². The number of nitro groups is 1. The first kappa shape index (κ1) is 18.4. The Morgan fingerprint density at radius 1 is 1.28 bits per heavy atom. The number of ether oxygens (including phenoxy) is 1. The van der Waals surface area contributed by atoms with Gasteiger partial charge in [0.25, 0.3) is 0 Å². The van der Waals surface area contributed by atoms with Gasteiger partial charge in [-0.1, -0.05) is 12.1 Å². The summed E-state index contributed by atoms with van der Waals surface area (Å²) in [5.74, 6) is -0.355. The first-order valence-electron chi connectivity index (χ1n) is 7.72. The number of nitrogen functional groups attached to an aromatic ring is 1. The fraction of sp³-hybridized carbons (Fsp3) is 0.278. The molecule has 0 aliphatic rings. The first-order valence-corrected chi connectivity index (χ1v) is 7.72. The van der Waals surface area contributed by atoms with Crippen LogP contribution in [0, 0.1) is 10.1 Å². The Morgan fingerprint density at radius 2 is 1.96 bits per heavy atom. The second-order valence-corrected chi connectivity index (χ2v) is 5.69. The number of carbonyl (C=O) groups excluding carboxylic acids is 1. The number of methoxy groups -OCH3 is 1. The SMILES string of the molecule is COc1cc(C(CC(=O)c2ccc(N)cc2)C[N+](=O)[O-])ccc1CO. The third-order valence-corrected chi connectivity index (χ3v) is 3.99. The Hall–Kier alpha value is -2.93. The molecule has 0 heterocycles. The van der Waals surface area contributed by atoms with Gasteiger partial charge in [0.1, 0.15) is 5.75 Å². The lowest BCUT2D eigenvalue weighted by Crippen LogP contribution is -2.17. The Morgan fingerprint density at radius 3 is 2.52 bits per heavy atom. The van der Waals surface area contributed by atoms with E-state index in [9.17, 15) is 20.0 Å². The highest BCUT2D eigenvalue weighted by molar-refractivity contribution is 5.96. The van der Waals surface area contributed by atoms with Crippen molar-refractivity contribution in [3.8, 4) is 5.75 Å². The number of aliphatic hydroxyl groups excluding tert-OH is 1. The number of hydrogen-bond donors (Lipinski definition) is 2. The van der Waals surface area contributed by atoms with E-state index >= 15 is 0 Å². The third-order valence-electron chi connectivity index (χ3n) is 3.99. The molecule has 1 atom stereocenters. The molecule has 1 unspecified atom stereocenters. The van der Waals surface area contributed by atoms with Crippen molar-refractivity contribution in [3.05, 3.63) is 69.3 Å². The number of rotatable bonds is 8. The lowest BCUT2D eigenvalue weighted by atomic mass is 9.90. The van der Waals surface area contributed by atoms with Crippen LogP contribution in [-0.4, -0.2) is 29.5 Å². The number of nitrogens with two attached hydrogens (primary N) is 1. The first-order chi connectivity index (χ1) is 11.9. The van der Waals surface area contributed by atoms with Crippen molar-refractivity contribution in [1.82, 2.24) is 0 Å². The summed E-state index contributed by atoms with van der Waals surface area (Å²) in [6.45, 7) is -0.573. The van der Waals surface area contributed by atoms with Gasteiger partial charge in [-0.15, -0.1) is 0 Å². The van der Waals surface area contributed by atoms with Crippen LogP contribution in [0.25, 0.3) is 0 Å². The van der Waals surface area contributed by atoms with Gasteiger partial charge in [0, 0.05) is 28.2 Å². The van der Waals surface area contributed by atoms with Gasteiger partial charge in [-0.3, -0.25) is 14.9 Å². The molecule has 0 aliphatic heterocycles. The van der Waals surface area contributed by atoms with Crippen LogP contribution in [0.4, 0.5) is 5.69 Å². The van der Waals surface area contributed by atoms with Crippen LogP contribution in [0.1, 0.15) is 33.8 Å². The minimum absolute atomic E-state index is 0.00742. The molecule has 0 amide bonds. The van der Waals surface area contributed by atoms with Crippen molar-refractivity contribution < 1.29 is 19.6 Å². The van der Waals surface area contributed by atoms with Crippen LogP contribution in [0.3, 0.4) is 0 Å². The highest BCUT2D eigenvalue weighted by Crippen LogP contribution is 2.28. The summed E-state index contributed by atoms with van der Waals surface area (Å²) in [7, 11) is 1.46. The maximum absolute atomic E-state index is 12.5. The fourth-order valence-electron chi connectivity index (χ4n) is 2.62. The largest absolute Gasteiger partial charge is 0.496 e. The van der Waals surface area contributed by atoms with Crippen molar-refractivity contribution in [1.29, 1.82) is 0 Å². The van der Waals surface area contributed by atoms with E-state index in [1.807, 2.05) is 0 Å². The average Bonchev–Trinajstić information content (AvgIpc) is 2.60. The molecule has 0 aromatic heterocycles. The maximum atomic E-state index is 12.5. The molecule has 3 N–H and O–H groups in total. The van der Waals surface area contributed by atoms with Gasteiger partial charge >= 0.3 is 0 Å². The molecule has 0 radical (unpaired) electrons. The van der Waals surface area contributed by atoms with Gasteiger partial charge in [0.2, 0.25) is 6.54 Å². The number of benzene rings is 2. The highest BCUT2D eigenvalue weighted by Gasteiger charge is 2.23. The van der Waals surface area contributed by atoms with E-state index in [0.717, 1.165) is 0 Å². The van der Waals surface area contributed by atoms with E-state index in [4.69, 9.17) is 10.5 Å². The molecule has 0 bridgehead atoms. The van der Waals surface area contributed by atoms with Gasteiger partial charge in [-0.2, -0.15) is 0 Å². The Bertz CT molecular complexity index is 759. The number of nitrogens with zero attached hydrogens (tertiary/aromatic N) is 1. The molecule has 132 valence electrons. The quantitative estimate of drug-likeness (QED) is 0.329. The summed E-state index contributed by atoms with van der Waals surface area (Å²) in [5, 5.41) is 20.3. The Kier molecular flexibility index (Phi) is 6.08. The molecule has 0 saturated heterocycles. The van der Waals surface area contributed by atoms with Gasteiger partial charge in [0.05, 0.1) is 19.6 Å². The molecule has 0 saturated carbocycles. The molecule has 0 fully saturated rings. The normalized spacial score (nSPS) is 11.8. The Labute approximate surface area is 145 Å². The summed E-state index contributed by atoms with van der Waals surface area (Å²) in [6, 6.07) is 11.4. The van der Waals surface area contributed by atoms with Crippen LogP contribution >= 0.6 is 0 Å². The van der Waals surface area contributed by atoms with Gasteiger partial charge < -0.3 is 15.6 Å². The van der Waals surface area contributed by atoms with Crippen LogP contribution in [-0.2, 0) is 6.61 Å². The van der Waals surface area contributed by atoms with Crippen molar-refractivity contribution in [2.75, 3.05) is 19.4 Å². The van der Waals surface area contributed by atoms with E-state index in [2.05, 4.69) is 0 Å². The predicted molar refractivity (Wildman–Crippen MR) is 93.3 cm³/mol. The molecule has 0 aliphatic carbocycles. The van der Waals surface area contributed by atoms with Gasteiger partial charge in [-0.05, 0) is 35.9 Å². The topological polar surface area (TPSA) is 116 Å². The van der Waals surface area contributed by atoms with E-state index in [0.29, 0.717) is 28.1 Å². The Balaban J connectivity index is 2.28. The lowest BCUT2D eigenvalue weighted by Gasteiger charge is -2.15. The number of Topliss-reactive ketones (excluding diaryl/α,β-unsaturated/α-hetero) is 1. The standard InChI is InChI=1S/C18H20N2O5/c1-25-18-9-13(2-3-14(18)11-21)15(10-20(23)24)8-17(22)12-4-6-16(19)7-5-12/h2-7,9,15,21H,8,10-11,19H2,1H3. The molecule has 2 rings (SSSR count). The maximum Gasteiger partial charge on any atom is 0.211 e. The van der Waals surface area contributed by atoms with Crippen molar-refractivity contribution in [3.63, 3.8) is 0 Å². The predicted octanol–water partition coefficient (Wildman–Crippen LogP) is 2.40. The zero-order chi connectivity index (χ0) is 18.4.